The van der Waals surface area contributed by atoms with Crippen LogP contribution >= 0.6 is 35.0 Å². The number of imidazole rings is 1. The number of hydrogen-bond donors (Lipinski definition) is 2. The lowest BCUT2D eigenvalue weighted by molar-refractivity contribution is 0.804. The van der Waals surface area contributed by atoms with Gasteiger partial charge in [-0.1, -0.05) is 48.8 Å². The average molecular weight is 303 g/mol. The van der Waals surface area contributed by atoms with Crippen LogP contribution in [0.1, 0.15) is 25.5 Å². The zero-order valence-electron chi connectivity index (χ0n) is 9.88. The summed E-state index contributed by atoms with van der Waals surface area (Å²) in [5.41, 5.74) is 0.690. The molecule has 0 aliphatic carbocycles. The van der Waals surface area contributed by atoms with E-state index in [9.17, 15) is 4.79 Å². The normalized spacial score (nSPS) is 11.2. The van der Waals surface area contributed by atoms with Crippen molar-refractivity contribution >= 4 is 35.0 Å². The van der Waals surface area contributed by atoms with E-state index in [-0.39, 0.29) is 11.6 Å². The van der Waals surface area contributed by atoms with Crippen LogP contribution in [0.3, 0.4) is 0 Å². The Hall–Kier alpha value is -0.840. The molecule has 2 N–H and O–H groups in total. The smallest absolute Gasteiger partial charge is 0.309 e. The fourth-order valence-electron chi connectivity index (χ4n) is 1.57. The standard InChI is InChI=1S/C12H12Cl2N2OS/c1-6(2)10-11(16-12(17)15-10)18-9-4-7(13)3-8(14)5-9/h3-6H,1-2H3,(H2,15,16,17). The summed E-state index contributed by atoms with van der Waals surface area (Å²) in [5, 5.41) is 1.95. The van der Waals surface area contributed by atoms with E-state index in [1.54, 1.807) is 6.07 Å². The van der Waals surface area contributed by atoms with Gasteiger partial charge in [-0.2, -0.15) is 0 Å². The van der Waals surface area contributed by atoms with Gasteiger partial charge < -0.3 is 9.97 Å². The van der Waals surface area contributed by atoms with Crippen molar-refractivity contribution in [3.8, 4) is 0 Å². The third-order valence-electron chi connectivity index (χ3n) is 2.35. The molecule has 2 rings (SSSR count). The second kappa shape index (κ2) is 5.43. The first kappa shape index (κ1) is 13.6. The highest BCUT2D eigenvalue weighted by Crippen LogP contribution is 2.33. The van der Waals surface area contributed by atoms with Crippen LogP contribution in [0.2, 0.25) is 10.0 Å². The topological polar surface area (TPSA) is 48.6 Å². The molecule has 3 nitrogen and oxygen atoms in total. The highest BCUT2D eigenvalue weighted by Gasteiger charge is 2.12. The lowest BCUT2D eigenvalue weighted by Crippen LogP contribution is -2.01. The third-order valence-corrected chi connectivity index (χ3v) is 3.79. The molecule has 0 fully saturated rings. The zero-order valence-corrected chi connectivity index (χ0v) is 12.2. The van der Waals surface area contributed by atoms with Crippen molar-refractivity contribution in [1.82, 2.24) is 9.97 Å². The zero-order chi connectivity index (χ0) is 13.3. The van der Waals surface area contributed by atoms with Gasteiger partial charge in [-0.25, -0.2) is 4.79 Å². The summed E-state index contributed by atoms with van der Waals surface area (Å²) >= 11 is 13.3. The van der Waals surface area contributed by atoms with Crippen molar-refractivity contribution < 1.29 is 0 Å². The fraction of sp³-hybridized carbons (Fsp3) is 0.250. The van der Waals surface area contributed by atoms with E-state index in [4.69, 9.17) is 23.2 Å². The van der Waals surface area contributed by atoms with Gasteiger partial charge in [0, 0.05) is 14.9 Å². The molecule has 1 heterocycles. The van der Waals surface area contributed by atoms with E-state index >= 15 is 0 Å². The molecule has 2 aromatic rings. The first-order chi connectivity index (χ1) is 8.45. The molecule has 0 saturated heterocycles. The third kappa shape index (κ3) is 3.13. The summed E-state index contributed by atoms with van der Waals surface area (Å²) in [7, 11) is 0. The minimum atomic E-state index is -0.200. The van der Waals surface area contributed by atoms with Crippen molar-refractivity contribution in [2.75, 3.05) is 0 Å². The van der Waals surface area contributed by atoms with E-state index in [1.165, 1.54) is 11.8 Å². The second-order valence-corrected chi connectivity index (χ2v) is 6.14. The molecule has 0 aliphatic heterocycles. The molecule has 0 radical (unpaired) electrons. The van der Waals surface area contributed by atoms with Gasteiger partial charge in [-0.3, -0.25) is 0 Å². The Morgan fingerprint density at radius 3 is 2.28 bits per heavy atom. The molecule has 1 aromatic heterocycles. The molecule has 0 atom stereocenters. The molecule has 0 aliphatic rings. The van der Waals surface area contributed by atoms with Crippen LogP contribution < -0.4 is 5.69 Å². The maximum atomic E-state index is 11.4. The minimum absolute atomic E-state index is 0.200. The summed E-state index contributed by atoms with van der Waals surface area (Å²) in [6, 6.07) is 5.30. The lowest BCUT2D eigenvalue weighted by atomic mass is 10.2. The summed E-state index contributed by atoms with van der Waals surface area (Å²) in [6.07, 6.45) is 0. The van der Waals surface area contributed by atoms with E-state index in [1.807, 2.05) is 26.0 Å². The van der Waals surface area contributed by atoms with Crippen molar-refractivity contribution in [3.05, 3.63) is 44.4 Å². The van der Waals surface area contributed by atoms with Crippen LogP contribution in [0, 0.1) is 0 Å². The molecule has 0 bridgehead atoms. The number of benzene rings is 1. The van der Waals surface area contributed by atoms with Gasteiger partial charge in [0.05, 0.1) is 5.69 Å². The van der Waals surface area contributed by atoms with Gasteiger partial charge >= 0.3 is 5.69 Å². The van der Waals surface area contributed by atoms with Gasteiger partial charge in [-0.05, 0) is 24.1 Å². The highest BCUT2D eigenvalue weighted by molar-refractivity contribution is 7.99. The quantitative estimate of drug-likeness (QED) is 0.889. The van der Waals surface area contributed by atoms with Crippen molar-refractivity contribution in [1.29, 1.82) is 0 Å². The minimum Gasteiger partial charge on any atom is -0.309 e. The fourth-order valence-corrected chi connectivity index (χ4v) is 3.38. The Morgan fingerprint density at radius 2 is 1.72 bits per heavy atom. The summed E-state index contributed by atoms with van der Waals surface area (Å²) < 4.78 is 0. The number of rotatable bonds is 3. The highest BCUT2D eigenvalue weighted by atomic mass is 35.5. The maximum absolute atomic E-state index is 11.4. The van der Waals surface area contributed by atoms with Gasteiger partial charge in [0.25, 0.3) is 0 Å². The van der Waals surface area contributed by atoms with Gasteiger partial charge in [0.2, 0.25) is 0 Å². The SMILES string of the molecule is CC(C)c1[nH]c(=O)[nH]c1Sc1cc(Cl)cc(Cl)c1. The Bertz CT molecular complexity index is 599. The molecule has 18 heavy (non-hydrogen) atoms. The van der Waals surface area contributed by atoms with Gasteiger partial charge in [0.1, 0.15) is 5.03 Å². The second-order valence-electron chi connectivity index (χ2n) is 4.18. The average Bonchev–Trinajstić information content (AvgIpc) is 2.57. The van der Waals surface area contributed by atoms with E-state index < -0.39 is 0 Å². The Balaban J connectivity index is 2.36. The molecule has 96 valence electrons. The summed E-state index contributed by atoms with van der Waals surface area (Å²) in [6.45, 7) is 4.04. The van der Waals surface area contributed by atoms with Gasteiger partial charge in [-0.15, -0.1) is 0 Å². The van der Waals surface area contributed by atoms with E-state index in [0.717, 1.165) is 15.6 Å². The number of halogens is 2. The number of aromatic amines is 2. The van der Waals surface area contributed by atoms with Crippen LogP contribution in [0.25, 0.3) is 0 Å². The van der Waals surface area contributed by atoms with Crippen LogP contribution in [-0.2, 0) is 0 Å². The number of hydrogen-bond acceptors (Lipinski definition) is 2. The Kier molecular flexibility index (Phi) is 4.10. The largest absolute Gasteiger partial charge is 0.323 e. The summed E-state index contributed by atoms with van der Waals surface area (Å²) in [4.78, 5) is 17.8. The van der Waals surface area contributed by atoms with E-state index in [0.29, 0.717) is 10.0 Å². The maximum Gasteiger partial charge on any atom is 0.323 e. The molecule has 0 spiro atoms. The Morgan fingerprint density at radius 1 is 1.11 bits per heavy atom. The predicted molar refractivity (Wildman–Crippen MR) is 76.1 cm³/mol. The van der Waals surface area contributed by atoms with Crippen LogP contribution in [-0.4, -0.2) is 9.97 Å². The molecular weight excluding hydrogens is 291 g/mol. The van der Waals surface area contributed by atoms with Crippen molar-refractivity contribution in [2.24, 2.45) is 0 Å². The predicted octanol–water partition coefficient (Wildman–Crippen LogP) is 4.28. The first-order valence-corrected chi connectivity index (χ1v) is 6.99. The molecular formula is C12H12Cl2N2OS. The molecule has 0 saturated carbocycles. The number of aromatic nitrogens is 2. The van der Waals surface area contributed by atoms with Crippen molar-refractivity contribution in [2.45, 2.75) is 29.7 Å². The van der Waals surface area contributed by atoms with Crippen molar-refractivity contribution in [3.63, 3.8) is 0 Å². The van der Waals surface area contributed by atoms with Gasteiger partial charge in [0.15, 0.2) is 0 Å². The first-order valence-electron chi connectivity index (χ1n) is 5.42. The Labute approximate surface area is 119 Å². The molecule has 0 unspecified atom stereocenters. The number of H-pyrrole nitrogens is 2. The summed E-state index contributed by atoms with van der Waals surface area (Å²) in [5.74, 6) is 0.237. The van der Waals surface area contributed by atoms with Crippen LogP contribution in [0.5, 0.6) is 0 Å². The monoisotopic (exact) mass is 302 g/mol. The lowest BCUT2D eigenvalue weighted by Gasteiger charge is -2.06. The van der Waals surface area contributed by atoms with Crippen LogP contribution in [0.4, 0.5) is 0 Å². The van der Waals surface area contributed by atoms with E-state index in [2.05, 4.69) is 9.97 Å². The molecule has 6 heteroatoms. The molecule has 0 amide bonds. The number of nitrogens with one attached hydrogen (secondary N) is 2. The molecule has 1 aromatic carbocycles. The van der Waals surface area contributed by atoms with Crippen LogP contribution in [0.15, 0.2) is 32.9 Å².